The molecule has 5 nitrogen and oxygen atoms in total. The first-order valence-corrected chi connectivity index (χ1v) is 9.00. The van der Waals surface area contributed by atoms with Crippen LogP contribution in [0.1, 0.15) is 12.8 Å². The lowest BCUT2D eigenvalue weighted by Gasteiger charge is -2.22. The van der Waals surface area contributed by atoms with Crippen LogP contribution in [0.4, 0.5) is 0 Å². The molecule has 0 aliphatic carbocycles. The van der Waals surface area contributed by atoms with E-state index in [4.69, 9.17) is 27.9 Å². The zero-order chi connectivity index (χ0) is 15.3. The molecule has 0 bridgehead atoms. The maximum absolute atomic E-state index is 12.1. The van der Waals surface area contributed by atoms with Crippen LogP contribution < -0.4 is 10.0 Å². The third kappa shape index (κ3) is 4.81. The van der Waals surface area contributed by atoms with Crippen molar-refractivity contribution in [3.63, 3.8) is 0 Å². The molecule has 0 amide bonds. The first kappa shape index (κ1) is 17.0. The predicted octanol–water partition coefficient (Wildman–Crippen LogP) is 2.04. The highest BCUT2D eigenvalue weighted by Crippen LogP contribution is 2.28. The van der Waals surface area contributed by atoms with Gasteiger partial charge in [-0.15, -0.1) is 0 Å². The van der Waals surface area contributed by atoms with Crippen molar-refractivity contribution in [2.75, 3.05) is 26.2 Å². The zero-order valence-corrected chi connectivity index (χ0v) is 13.8. The summed E-state index contributed by atoms with van der Waals surface area (Å²) in [6, 6.07) is 4.52. The van der Waals surface area contributed by atoms with Gasteiger partial charge in [0.25, 0.3) is 0 Å². The first-order chi connectivity index (χ1) is 10.0. The van der Waals surface area contributed by atoms with E-state index in [-0.39, 0.29) is 27.6 Å². The SMILES string of the molecule is O=S(=O)(NCCOC1CCNCC1)c1cccc(Cl)c1Cl. The van der Waals surface area contributed by atoms with Crippen molar-refractivity contribution in [3.05, 3.63) is 28.2 Å². The second-order valence-electron chi connectivity index (χ2n) is 4.77. The van der Waals surface area contributed by atoms with Crippen molar-refractivity contribution in [2.24, 2.45) is 0 Å². The van der Waals surface area contributed by atoms with Gasteiger partial charge in [0.2, 0.25) is 10.0 Å². The summed E-state index contributed by atoms with van der Waals surface area (Å²) in [4.78, 5) is -0.0152. The van der Waals surface area contributed by atoms with E-state index in [9.17, 15) is 8.42 Å². The molecule has 2 rings (SSSR count). The molecule has 1 saturated heterocycles. The van der Waals surface area contributed by atoms with Gasteiger partial charge in [0.05, 0.1) is 22.8 Å². The summed E-state index contributed by atoms with van der Waals surface area (Å²) in [6.07, 6.45) is 2.10. The molecule has 1 aliphatic heterocycles. The second-order valence-corrected chi connectivity index (χ2v) is 7.29. The third-order valence-corrected chi connectivity index (χ3v) is 5.67. The Morgan fingerprint density at radius 2 is 2.00 bits per heavy atom. The molecule has 118 valence electrons. The Morgan fingerprint density at radius 3 is 2.71 bits per heavy atom. The summed E-state index contributed by atoms with van der Waals surface area (Å²) in [6.45, 7) is 2.42. The van der Waals surface area contributed by atoms with E-state index in [0.717, 1.165) is 25.9 Å². The molecule has 21 heavy (non-hydrogen) atoms. The van der Waals surface area contributed by atoms with Gasteiger partial charge in [-0.25, -0.2) is 13.1 Å². The third-order valence-electron chi connectivity index (χ3n) is 3.24. The van der Waals surface area contributed by atoms with Crippen molar-refractivity contribution in [1.82, 2.24) is 10.0 Å². The Balaban J connectivity index is 1.85. The fraction of sp³-hybridized carbons (Fsp3) is 0.538. The van der Waals surface area contributed by atoms with Gasteiger partial charge in [0, 0.05) is 6.54 Å². The highest BCUT2D eigenvalue weighted by Gasteiger charge is 2.19. The molecule has 0 radical (unpaired) electrons. The molecule has 1 aliphatic rings. The van der Waals surface area contributed by atoms with Crippen LogP contribution in [0.25, 0.3) is 0 Å². The lowest BCUT2D eigenvalue weighted by molar-refractivity contribution is 0.0367. The Bertz CT molecular complexity index is 575. The number of piperidine rings is 1. The van der Waals surface area contributed by atoms with Crippen molar-refractivity contribution in [2.45, 2.75) is 23.8 Å². The second kappa shape index (κ2) is 7.76. The number of nitrogens with one attached hydrogen (secondary N) is 2. The molecular weight excluding hydrogens is 335 g/mol. The topological polar surface area (TPSA) is 67.4 Å². The Morgan fingerprint density at radius 1 is 1.29 bits per heavy atom. The molecule has 0 spiro atoms. The van der Waals surface area contributed by atoms with Crippen LogP contribution in [0, 0.1) is 0 Å². The average Bonchev–Trinajstić information content (AvgIpc) is 2.47. The number of ether oxygens (including phenoxy) is 1. The quantitative estimate of drug-likeness (QED) is 0.768. The normalized spacial score (nSPS) is 17.0. The Labute approximate surface area is 135 Å². The minimum absolute atomic E-state index is 0.0152. The molecule has 0 atom stereocenters. The number of halogens is 2. The van der Waals surface area contributed by atoms with Gasteiger partial charge in [-0.2, -0.15) is 0 Å². The molecule has 8 heteroatoms. The lowest BCUT2D eigenvalue weighted by atomic mass is 10.1. The molecule has 1 aromatic carbocycles. The molecule has 1 aromatic rings. The number of sulfonamides is 1. The monoisotopic (exact) mass is 352 g/mol. The molecule has 2 N–H and O–H groups in total. The number of rotatable bonds is 6. The summed E-state index contributed by atoms with van der Waals surface area (Å²) in [5, 5.41) is 3.49. The number of benzene rings is 1. The fourth-order valence-corrected chi connectivity index (χ4v) is 3.91. The van der Waals surface area contributed by atoms with Gasteiger partial charge in [0.15, 0.2) is 0 Å². The Hall–Kier alpha value is -0.370. The van der Waals surface area contributed by atoms with Crippen LogP contribution in [0.2, 0.25) is 10.0 Å². The van der Waals surface area contributed by atoms with E-state index < -0.39 is 10.0 Å². The van der Waals surface area contributed by atoms with Gasteiger partial charge < -0.3 is 10.1 Å². The highest BCUT2D eigenvalue weighted by atomic mass is 35.5. The van der Waals surface area contributed by atoms with E-state index >= 15 is 0 Å². The summed E-state index contributed by atoms with van der Waals surface area (Å²) >= 11 is 11.8. The van der Waals surface area contributed by atoms with E-state index in [2.05, 4.69) is 10.0 Å². The van der Waals surface area contributed by atoms with Gasteiger partial charge in [-0.05, 0) is 38.1 Å². The minimum Gasteiger partial charge on any atom is -0.377 e. The van der Waals surface area contributed by atoms with Crippen LogP contribution in [-0.4, -0.2) is 40.8 Å². The number of hydrogen-bond acceptors (Lipinski definition) is 4. The fourth-order valence-electron chi connectivity index (χ4n) is 2.13. The maximum Gasteiger partial charge on any atom is 0.242 e. The van der Waals surface area contributed by atoms with Gasteiger partial charge in [0.1, 0.15) is 4.90 Å². The first-order valence-electron chi connectivity index (χ1n) is 6.77. The van der Waals surface area contributed by atoms with Crippen LogP contribution in [0.5, 0.6) is 0 Å². The van der Waals surface area contributed by atoms with Crippen molar-refractivity contribution >= 4 is 33.2 Å². The summed E-state index contributed by atoms with van der Waals surface area (Å²) in [5.74, 6) is 0. The Kier molecular flexibility index (Phi) is 6.28. The molecule has 1 heterocycles. The van der Waals surface area contributed by atoms with E-state index in [1.807, 2.05) is 0 Å². The maximum atomic E-state index is 12.1. The molecule has 0 saturated carbocycles. The molecule has 0 unspecified atom stereocenters. The van der Waals surface area contributed by atoms with E-state index in [0.29, 0.717) is 6.61 Å². The van der Waals surface area contributed by atoms with Gasteiger partial charge in [-0.3, -0.25) is 0 Å². The van der Waals surface area contributed by atoms with Crippen molar-refractivity contribution in [1.29, 1.82) is 0 Å². The van der Waals surface area contributed by atoms with Gasteiger partial charge >= 0.3 is 0 Å². The smallest absolute Gasteiger partial charge is 0.242 e. The lowest BCUT2D eigenvalue weighted by Crippen LogP contribution is -2.34. The van der Waals surface area contributed by atoms with Crippen molar-refractivity contribution in [3.8, 4) is 0 Å². The minimum atomic E-state index is -3.68. The van der Waals surface area contributed by atoms with Gasteiger partial charge in [-0.1, -0.05) is 29.3 Å². The largest absolute Gasteiger partial charge is 0.377 e. The molecule has 1 fully saturated rings. The standard InChI is InChI=1S/C13H18Cl2N2O3S/c14-11-2-1-3-12(13(11)15)21(18,19)17-8-9-20-10-4-6-16-7-5-10/h1-3,10,16-17H,4-9H2. The molecule has 0 aromatic heterocycles. The number of hydrogen-bond donors (Lipinski definition) is 2. The van der Waals surface area contributed by atoms with Crippen LogP contribution >= 0.6 is 23.2 Å². The van der Waals surface area contributed by atoms with E-state index in [1.54, 1.807) is 12.1 Å². The highest BCUT2D eigenvalue weighted by molar-refractivity contribution is 7.89. The average molecular weight is 353 g/mol. The van der Waals surface area contributed by atoms with Crippen molar-refractivity contribution < 1.29 is 13.2 Å². The van der Waals surface area contributed by atoms with Crippen LogP contribution in [0.15, 0.2) is 23.1 Å². The van der Waals surface area contributed by atoms with Crippen LogP contribution in [-0.2, 0) is 14.8 Å². The summed E-state index contributed by atoms with van der Waals surface area (Å²) in [5.41, 5.74) is 0. The van der Waals surface area contributed by atoms with Crippen LogP contribution in [0.3, 0.4) is 0 Å². The summed E-state index contributed by atoms with van der Waals surface area (Å²) < 4.78 is 32.4. The zero-order valence-electron chi connectivity index (χ0n) is 11.4. The summed E-state index contributed by atoms with van der Waals surface area (Å²) in [7, 11) is -3.68. The van der Waals surface area contributed by atoms with E-state index in [1.165, 1.54) is 6.07 Å². The molecular formula is C13H18Cl2N2O3S. The predicted molar refractivity (Wildman–Crippen MR) is 83.5 cm³/mol.